The minimum atomic E-state index is -0.104. The van der Waals surface area contributed by atoms with Gasteiger partial charge in [-0.1, -0.05) is 6.07 Å². The van der Waals surface area contributed by atoms with E-state index in [-0.39, 0.29) is 5.78 Å². The molecule has 6 nitrogen and oxygen atoms in total. The number of ether oxygens (including phenoxy) is 2. The standard InChI is InChI=1S/C25H26N3O3/c1-26-9-11-27(12-10-26)13-14-28-17-18(21-16-19(30-2)7-8-22(21)28)15-24-25(29)20-5-3-4-6-23(20)31-24/h4-8,15-17H,9-14H2,1-2H3/b24-15-. The molecule has 3 heterocycles. The molecular weight excluding hydrogens is 390 g/mol. The summed E-state index contributed by atoms with van der Waals surface area (Å²) in [4.78, 5) is 17.6. The van der Waals surface area contributed by atoms with Crippen LogP contribution in [0.2, 0.25) is 0 Å². The Hall–Kier alpha value is -3.09. The molecule has 2 aliphatic heterocycles. The SMILES string of the molecule is COc1ccc2c(c1)c(/C=C1\Oc3cc[c]cc3C1=O)cn2CCN1CCN(C)CC1. The summed E-state index contributed by atoms with van der Waals surface area (Å²) in [5, 5.41) is 1.05. The molecule has 159 valence electrons. The molecule has 3 aromatic rings. The molecule has 0 unspecified atom stereocenters. The van der Waals surface area contributed by atoms with Crippen molar-refractivity contribution in [2.24, 2.45) is 0 Å². The normalized spacial score (nSPS) is 18.5. The van der Waals surface area contributed by atoms with E-state index in [0.717, 1.165) is 61.5 Å². The predicted octanol–water partition coefficient (Wildman–Crippen LogP) is 3.31. The van der Waals surface area contributed by atoms with E-state index in [1.165, 1.54) is 0 Å². The van der Waals surface area contributed by atoms with Gasteiger partial charge in [0.15, 0.2) is 5.76 Å². The summed E-state index contributed by atoms with van der Waals surface area (Å²) in [7, 11) is 3.84. The third-order valence-electron chi connectivity index (χ3n) is 6.17. The van der Waals surface area contributed by atoms with E-state index in [9.17, 15) is 4.79 Å². The number of carbonyl (C=O) groups excluding carboxylic acids is 1. The van der Waals surface area contributed by atoms with Gasteiger partial charge in [-0.2, -0.15) is 0 Å². The van der Waals surface area contributed by atoms with Crippen molar-refractivity contribution in [1.29, 1.82) is 0 Å². The number of Topliss-reactive ketones (excluding diaryl/α,β-unsaturated/α-hetero) is 1. The van der Waals surface area contributed by atoms with Gasteiger partial charge in [-0.3, -0.25) is 9.69 Å². The van der Waals surface area contributed by atoms with E-state index in [1.807, 2.05) is 18.2 Å². The van der Waals surface area contributed by atoms with E-state index in [0.29, 0.717) is 17.1 Å². The first-order valence-electron chi connectivity index (χ1n) is 10.6. The molecule has 0 N–H and O–H groups in total. The molecule has 2 aliphatic rings. The van der Waals surface area contributed by atoms with Crippen molar-refractivity contribution in [2.75, 3.05) is 46.9 Å². The minimum absolute atomic E-state index is 0.104. The number of allylic oxidation sites excluding steroid dienone is 1. The van der Waals surface area contributed by atoms with Gasteiger partial charge in [0.1, 0.15) is 11.5 Å². The summed E-state index contributed by atoms with van der Waals surface area (Å²) in [6, 6.07) is 14.2. The summed E-state index contributed by atoms with van der Waals surface area (Å²) in [6.07, 6.45) is 3.95. The fraction of sp³-hybridized carbons (Fsp3) is 0.320. The first-order chi connectivity index (χ1) is 15.1. The van der Waals surface area contributed by atoms with E-state index >= 15 is 0 Å². The van der Waals surface area contributed by atoms with Crippen LogP contribution in [0, 0.1) is 6.07 Å². The lowest BCUT2D eigenvalue weighted by molar-refractivity contribution is 0.101. The lowest BCUT2D eigenvalue weighted by Gasteiger charge is -2.32. The Bertz CT molecular complexity index is 1160. The summed E-state index contributed by atoms with van der Waals surface area (Å²) in [5.41, 5.74) is 2.63. The van der Waals surface area contributed by atoms with E-state index in [2.05, 4.69) is 39.7 Å². The highest BCUT2D eigenvalue weighted by Gasteiger charge is 2.27. The highest BCUT2D eigenvalue weighted by Crippen LogP contribution is 2.33. The summed E-state index contributed by atoms with van der Waals surface area (Å²) in [5.74, 6) is 1.62. The third-order valence-corrected chi connectivity index (χ3v) is 6.17. The van der Waals surface area contributed by atoms with Crippen molar-refractivity contribution in [3.05, 3.63) is 65.5 Å². The van der Waals surface area contributed by atoms with Crippen molar-refractivity contribution < 1.29 is 14.3 Å². The van der Waals surface area contributed by atoms with Crippen molar-refractivity contribution in [3.63, 3.8) is 0 Å². The quantitative estimate of drug-likeness (QED) is 0.597. The number of ketones is 1. The third kappa shape index (κ3) is 3.84. The molecule has 0 spiro atoms. The van der Waals surface area contributed by atoms with Crippen LogP contribution in [-0.2, 0) is 6.54 Å². The fourth-order valence-corrected chi connectivity index (χ4v) is 4.27. The van der Waals surface area contributed by atoms with Crippen LogP contribution in [0.1, 0.15) is 15.9 Å². The first kappa shape index (κ1) is 19.8. The van der Waals surface area contributed by atoms with Crippen LogP contribution in [0.25, 0.3) is 17.0 Å². The number of hydrogen-bond donors (Lipinski definition) is 0. The van der Waals surface area contributed by atoms with Gasteiger partial charge < -0.3 is 18.9 Å². The second-order valence-electron chi connectivity index (χ2n) is 8.17. The average molecular weight is 417 g/mol. The molecule has 0 saturated carbocycles. The van der Waals surface area contributed by atoms with Gasteiger partial charge in [0.05, 0.1) is 12.7 Å². The van der Waals surface area contributed by atoms with Crippen molar-refractivity contribution in [1.82, 2.24) is 14.4 Å². The van der Waals surface area contributed by atoms with Gasteiger partial charge in [0.2, 0.25) is 5.78 Å². The zero-order chi connectivity index (χ0) is 21.4. The van der Waals surface area contributed by atoms with Crippen LogP contribution in [0.15, 0.2) is 48.4 Å². The average Bonchev–Trinajstić information content (AvgIpc) is 3.30. The molecule has 0 aliphatic carbocycles. The van der Waals surface area contributed by atoms with E-state index in [4.69, 9.17) is 9.47 Å². The van der Waals surface area contributed by atoms with Crippen LogP contribution in [0.4, 0.5) is 0 Å². The lowest BCUT2D eigenvalue weighted by atomic mass is 10.1. The summed E-state index contributed by atoms with van der Waals surface area (Å²) >= 11 is 0. The number of aromatic nitrogens is 1. The van der Waals surface area contributed by atoms with Crippen LogP contribution in [0.5, 0.6) is 11.5 Å². The lowest BCUT2D eigenvalue weighted by Crippen LogP contribution is -2.45. The number of piperazine rings is 1. The molecule has 31 heavy (non-hydrogen) atoms. The van der Waals surface area contributed by atoms with Gasteiger partial charge in [0.25, 0.3) is 0 Å². The molecule has 2 aromatic carbocycles. The van der Waals surface area contributed by atoms with Gasteiger partial charge in [-0.15, -0.1) is 0 Å². The second-order valence-corrected chi connectivity index (χ2v) is 8.17. The number of nitrogens with zero attached hydrogens (tertiary/aromatic N) is 3. The Kier molecular flexibility index (Phi) is 5.26. The molecule has 1 radical (unpaired) electrons. The monoisotopic (exact) mass is 416 g/mol. The number of hydrogen-bond acceptors (Lipinski definition) is 5. The highest BCUT2D eigenvalue weighted by atomic mass is 16.5. The second kappa shape index (κ2) is 8.21. The highest BCUT2D eigenvalue weighted by molar-refractivity contribution is 6.15. The first-order valence-corrected chi connectivity index (χ1v) is 10.6. The zero-order valence-electron chi connectivity index (χ0n) is 17.9. The smallest absolute Gasteiger partial charge is 0.231 e. The topological polar surface area (TPSA) is 46.9 Å². The van der Waals surface area contributed by atoms with E-state index < -0.39 is 0 Å². The van der Waals surface area contributed by atoms with Gasteiger partial charge >= 0.3 is 0 Å². The molecule has 0 amide bonds. The largest absolute Gasteiger partial charge is 0.497 e. The van der Waals surface area contributed by atoms with Crippen LogP contribution in [-0.4, -0.2) is 67.0 Å². The fourth-order valence-electron chi connectivity index (χ4n) is 4.27. The number of likely N-dealkylation sites (N-methyl/N-ethyl adjacent to an activating group) is 1. The number of methoxy groups -OCH3 is 1. The van der Waals surface area contributed by atoms with Crippen LogP contribution >= 0.6 is 0 Å². The van der Waals surface area contributed by atoms with Crippen molar-refractivity contribution in [2.45, 2.75) is 6.54 Å². The van der Waals surface area contributed by atoms with Crippen LogP contribution in [0.3, 0.4) is 0 Å². The Labute approximate surface area is 182 Å². The molecular formula is C25H26N3O3. The zero-order valence-corrected chi connectivity index (χ0v) is 17.9. The molecule has 1 fully saturated rings. The maximum absolute atomic E-state index is 12.8. The summed E-state index contributed by atoms with van der Waals surface area (Å²) in [6.45, 7) is 6.29. The molecule has 6 heteroatoms. The van der Waals surface area contributed by atoms with Gasteiger partial charge in [-0.25, -0.2) is 0 Å². The number of benzene rings is 2. The Morgan fingerprint density at radius 2 is 2.00 bits per heavy atom. The number of carbonyl (C=O) groups is 1. The minimum Gasteiger partial charge on any atom is -0.497 e. The number of fused-ring (bicyclic) bond motifs is 2. The molecule has 1 aromatic heterocycles. The predicted molar refractivity (Wildman–Crippen MR) is 121 cm³/mol. The van der Waals surface area contributed by atoms with Crippen molar-refractivity contribution in [3.8, 4) is 11.5 Å². The van der Waals surface area contributed by atoms with Gasteiger partial charge in [-0.05, 0) is 49.5 Å². The van der Waals surface area contributed by atoms with Gasteiger partial charge in [0, 0.05) is 61.9 Å². The maximum Gasteiger partial charge on any atom is 0.231 e. The van der Waals surface area contributed by atoms with Crippen molar-refractivity contribution >= 4 is 22.8 Å². The Morgan fingerprint density at radius 1 is 1.16 bits per heavy atom. The molecule has 0 atom stereocenters. The summed E-state index contributed by atoms with van der Waals surface area (Å²) < 4.78 is 13.6. The Morgan fingerprint density at radius 3 is 2.77 bits per heavy atom. The molecule has 5 rings (SSSR count). The maximum atomic E-state index is 12.8. The molecule has 0 bridgehead atoms. The van der Waals surface area contributed by atoms with Crippen LogP contribution < -0.4 is 9.47 Å². The van der Waals surface area contributed by atoms with E-state index in [1.54, 1.807) is 25.3 Å². The number of rotatable bonds is 5. The molecule has 1 saturated heterocycles. The Balaban J connectivity index is 1.46.